The molecule has 0 amide bonds. The molecular weight excluding hydrogens is 274 g/mol. The van der Waals surface area contributed by atoms with E-state index in [2.05, 4.69) is 15.0 Å². The molecule has 0 saturated carbocycles. The number of pyridine rings is 1. The van der Waals surface area contributed by atoms with E-state index in [0.717, 1.165) is 6.42 Å². The van der Waals surface area contributed by atoms with Crippen LogP contribution < -0.4 is 10.0 Å². The minimum atomic E-state index is -3.55. The maximum absolute atomic E-state index is 12.0. The Hall–Kier alpha value is -0.850. The van der Waals surface area contributed by atoms with Crippen molar-refractivity contribution in [2.24, 2.45) is 0 Å². The van der Waals surface area contributed by atoms with Crippen molar-refractivity contribution >= 4 is 27.4 Å². The topological polar surface area (TPSA) is 71.1 Å². The minimum Gasteiger partial charge on any atom is -0.369 e. The first-order valence-electron chi connectivity index (χ1n) is 5.82. The molecule has 5 nitrogen and oxygen atoms in total. The molecule has 0 saturated heterocycles. The lowest BCUT2D eigenvalue weighted by molar-refractivity contribution is 0.555. The second-order valence-electron chi connectivity index (χ2n) is 3.96. The number of nitrogens with one attached hydrogen (secondary N) is 2. The first-order chi connectivity index (χ1) is 8.40. The lowest BCUT2D eigenvalue weighted by Gasteiger charge is -2.13. The van der Waals surface area contributed by atoms with Crippen molar-refractivity contribution in [3.8, 4) is 0 Å². The Morgan fingerprint density at radius 1 is 1.44 bits per heavy atom. The van der Waals surface area contributed by atoms with Gasteiger partial charge < -0.3 is 5.32 Å². The molecule has 7 heteroatoms. The molecule has 0 radical (unpaired) electrons. The standard InChI is InChI=1S/C11H18ClN3O2S/c1-4-8(3)15-18(16,17)9-6-10(12)11(13-5-2)14-7-9/h6-8,15H,4-5H2,1-3H3,(H,13,14). The Kier molecular flexibility index (Phi) is 5.37. The number of halogens is 1. The van der Waals surface area contributed by atoms with Crippen molar-refractivity contribution in [3.63, 3.8) is 0 Å². The van der Waals surface area contributed by atoms with Crippen LogP contribution in [0, 0.1) is 0 Å². The van der Waals surface area contributed by atoms with Crippen LogP contribution in [-0.2, 0) is 10.0 Å². The van der Waals surface area contributed by atoms with Gasteiger partial charge in [0, 0.05) is 18.8 Å². The van der Waals surface area contributed by atoms with Gasteiger partial charge in [-0.2, -0.15) is 0 Å². The quantitative estimate of drug-likeness (QED) is 0.843. The molecule has 0 aliphatic heterocycles. The second-order valence-corrected chi connectivity index (χ2v) is 6.08. The lowest BCUT2D eigenvalue weighted by atomic mass is 10.3. The molecule has 18 heavy (non-hydrogen) atoms. The average molecular weight is 292 g/mol. The smallest absolute Gasteiger partial charge is 0.242 e. The SMILES string of the molecule is CCNc1ncc(S(=O)(=O)NC(C)CC)cc1Cl. The molecule has 0 aromatic carbocycles. The van der Waals surface area contributed by atoms with E-state index in [1.165, 1.54) is 12.3 Å². The van der Waals surface area contributed by atoms with Crippen molar-refractivity contribution in [2.45, 2.75) is 38.1 Å². The van der Waals surface area contributed by atoms with Crippen LogP contribution in [0.4, 0.5) is 5.82 Å². The zero-order chi connectivity index (χ0) is 13.8. The fourth-order valence-electron chi connectivity index (χ4n) is 1.28. The van der Waals surface area contributed by atoms with Crippen molar-refractivity contribution in [3.05, 3.63) is 17.3 Å². The molecule has 1 heterocycles. The third-order valence-corrected chi connectivity index (χ3v) is 4.28. The van der Waals surface area contributed by atoms with Gasteiger partial charge in [-0.05, 0) is 26.3 Å². The Bertz CT molecular complexity index is 505. The number of sulfonamides is 1. The third-order valence-electron chi connectivity index (χ3n) is 2.44. The normalized spacial score (nSPS) is 13.3. The Morgan fingerprint density at radius 2 is 2.11 bits per heavy atom. The summed E-state index contributed by atoms with van der Waals surface area (Å²) in [4.78, 5) is 4.08. The van der Waals surface area contributed by atoms with Gasteiger partial charge in [0.2, 0.25) is 10.0 Å². The molecule has 2 N–H and O–H groups in total. The number of aromatic nitrogens is 1. The molecule has 1 unspecified atom stereocenters. The van der Waals surface area contributed by atoms with E-state index >= 15 is 0 Å². The van der Waals surface area contributed by atoms with Gasteiger partial charge in [0.05, 0.1) is 5.02 Å². The van der Waals surface area contributed by atoms with Gasteiger partial charge in [-0.1, -0.05) is 18.5 Å². The Morgan fingerprint density at radius 3 is 2.61 bits per heavy atom. The van der Waals surface area contributed by atoms with Crippen LogP contribution in [0.25, 0.3) is 0 Å². The molecule has 102 valence electrons. The van der Waals surface area contributed by atoms with E-state index in [1.807, 2.05) is 13.8 Å². The predicted octanol–water partition coefficient (Wildman–Crippen LogP) is 2.24. The number of anilines is 1. The fraction of sp³-hybridized carbons (Fsp3) is 0.545. The summed E-state index contributed by atoms with van der Waals surface area (Å²) >= 11 is 5.97. The van der Waals surface area contributed by atoms with Crippen molar-refractivity contribution in [1.82, 2.24) is 9.71 Å². The van der Waals surface area contributed by atoms with Crippen LogP contribution in [0.15, 0.2) is 17.2 Å². The largest absolute Gasteiger partial charge is 0.369 e. The first-order valence-corrected chi connectivity index (χ1v) is 7.68. The second kappa shape index (κ2) is 6.36. The third kappa shape index (κ3) is 3.83. The van der Waals surface area contributed by atoms with Crippen LogP contribution in [0.1, 0.15) is 27.2 Å². The number of nitrogens with zero attached hydrogens (tertiary/aromatic N) is 1. The molecule has 1 aromatic rings. The monoisotopic (exact) mass is 291 g/mol. The maximum Gasteiger partial charge on any atom is 0.242 e. The van der Waals surface area contributed by atoms with E-state index in [9.17, 15) is 8.42 Å². The summed E-state index contributed by atoms with van der Waals surface area (Å²) < 4.78 is 26.5. The van der Waals surface area contributed by atoms with E-state index in [0.29, 0.717) is 17.4 Å². The highest BCUT2D eigenvalue weighted by Gasteiger charge is 2.18. The van der Waals surface area contributed by atoms with Crippen LogP contribution in [-0.4, -0.2) is 26.0 Å². The van der Waals surface area contributed by atoms with Gasteiger partial charge in [-0.3, -0.25) is 0 Å². The van der Waals surface area contributed by atoms with Crippen LogP contribution in [0.3, 0.4) is 0 Å². The van der Waals surface area contributed by atoms with E-state index < -0.39 is 10.0 Å². The molecular formula is C11H18ClN3O2S. The van der Waals surface area contributed by atoms with Crippen LogP contribution >= 0.6 is 11.6 Å². The highest BCUT2D eigenvalue weighted by molar-refractivity contribution is 7.89. The molecule has 1 rings (SSSR count). The van der Waals surface area contributed by atoms with Crippen molar-refractivity contribution in [2.75, 3.05) is 11.9 Å². The summed E-state index contributed by atoms with van der Waals surface area (Å²) in [6.45, 7) is 6.29. The van der Waals surface area contributed by atoms with Crippen molar-refractivity contribution in [1.29, 1.82) is 0 Å². The molecule has 0 fully saturated rings. The van der Waals surface area contributed by atoms with Gasteiger partial charge in [-0.15, -0.1) is 0 Å². The fourth-order valence-corrected chi connectivity index (χ4v) is 2.88. The zero-order valence-corrected chi connectivity index (χ0v) is 12.3. The Labute approximate surface area is 113 Å². The number of hydrogen-bond acceptors (Lipinski definition) is 4. The van der Waals surface area contributed by atoms with Crippen LogP contribution in [0.5, 0.6) is 0 Å². The predicted molar refractivity (Wildman–Crippen MR) is 73.5 cm³/mol. The highest BCUT2D eigenvalue weighted by atomic mass is 35.5. The number of hydrogen-bond donors (Lipinski definition) is 2. The Balaban J connectivity index is 3.00. The maximum atomic E-state index is 12.0. The van der Waals surface area contributed by atoms with E-state index in [1.54, 1.807) is 6.92 Å². The minimum absolute atomic E-state index is 0.0782. The summed E-state index contributed by atoms with van der Waals surface area (Å²) in [5.74, 6) is 0.488. The van der Waals surface area contributed by atoms with Gasteiger partial charge >= 0.3 is 0 Å². The first kappa shape index (κ1) is 15.2. The highest BCUT2D eigenvalue weighted by Crippen LogP contribution is 2.22. The van der Waals surface area contributed by atoms with Gasteiger partial charge in [-0.25, -0.2) is 18.1 Å². The van der Waals surface area contributed by atoms with Gasteiger partial charge in [0.25, 0.3) is 0 Å². The summed E-state index contributed by atoms with van der Waals surface area (Å²) in [6.07, 6.45) is 2.02. The molecule has 0 aliphatic rings. The number of rotatable bonds is 6. The summed E-state index contributed by atoms with van der Waals surface area (Å²) in [5, 5.41) is 3.24. The average Bonchev–Trinajstić information content (AvgIpc) is 2.31. The summed E-state index contributed by atoms with van der Waals surface area (Å²) in [6, 6.07) is 1.28. The van der Waals surface area contributed by atoms with Crippen LogP contribution in [0.2, 0.25) is 5.02 Å². The molecule has 0 aliphatic carbocycles. The lowest BCUT2D eigenvalue weighted by Crippen LogP contribution is -2.32. The summed E-state index contributed by atoms with van der Waals surface area (Å²) in [7, 11) is -3.55. The van der Waals surface area contributed by atoms with Crippen molar-refractivity contribution < 1.29 is 8.42 Å². The summed E-state index contributed by atoms with van der Waals surface area (Å²) in [5.41, 5.74) is 0. The zero-order valence-electron chi connectivity index (χ0n) is 10.7. The van der Waals surface area contributed by atoms with E-state index in [4.69, 9.17) is 11.6 Å². The molecule has 0 spiro atoms. The molecule has 1 atom stereocenters. The van der Waals surface area contributed by atoms with Gasteiger partial charge in [0.15, 0.2) is 0 Å². The van der Waals surface area contributed by atoms with Gasteiger partial charge in [0.1, 0.15) is 10.7 Å². The molecule has 1 aromatic heterocycles. The van der Waals surface area contributed by atoms with E-state index in [-0.39, 0.29) is 10.9 Å². The molecule has 0 bridgehead atoms.